The Morgan fingerprint density at radius 1 is 1.54 bits per heavy atom. The Labute approximate surface area is 78.3 Å². The van der Waals surface area contributed by atoms with Crippen molar-refractivity contribution in [2.45, 2.75) is 13.8 Å². The largest absolute Gasteiger partial charge is 0.326 e. The van der Waals surface area contributed by atoms with E-state index in [2.05, 4.69) is 11.9 Å². The van der Waals surface area contributed by atoms with Crippen LogP contribution in [0.15, 0.2) is 24.8 Å². The van der Waals surface area contributed by atoms with Gasteiger partial charge in [0.2, 0.25) is 5.91 Å². The third kappa shape index (κ3) is 2.44. The molecule has 0 bridgehead atoms. The van der Waals surface area contributed by atoms with E-state index >= 15 is 0 Å². The van der Waals surface area contributed by atoms with E-state index in [1.165, 1.54) is 6.92 Å². The lowest BCUT2D eigenvalue weighted by Gasteiger charge is -2.07. The smallest absolute Gasteiger partial charge is 0.221 e. The summed E-state index contributed by atoms with van der Waals surface area (Å²) < 4.78 is 0. The van der Waals surface area contributed by atoms with E-state index in [9.17, 15) is 4.79 Å². The zero-order chi connectivity index (χ0) is 9.84. The van der Waals surface area contributed by atoms with Crippen LogP contribution < -0.4 is 5.32 Å². The number of benzene rings is 1. The van der Waals surface area contributed by atoms with E-state index in [0.29, 0.717) is 0 Å². The van der Waals surface area contributed by atoms with Gasteiger partial charge in [-0.15, -0.1) is 0 Å². The molecule has 1 N–H and O–H groups in total. The maximum absolute atomic E-state index is 10.8. The van der Waals surface area contributed by atoms with Gasteiger partial charge in [0.1, 0.15) is 0 Å². The summed E-state index contributed by atoms with van der Waals surface area (Å²) in [6.07, 6.45) is 1.73. The molecule has 0 aliphatic heterocycles. The van der Waals surface area contributed by atoms with Crippen molar-refractivity contribution in [2.24, 2.45) is 0 Å². The number of carbonyl (C=O) groups excluding carboxylic acids is 1. The van der Waals surface area contributed by atoms with Crippen molar-refractivity contribution in [3.63, 3.8) is 0 Å². The zero-order valence-corrected chi connectivity index (χ0v) is 7.92. The second-order valence-corrected chi connectivity index (χ2v) is 2.98. The number of hydrogen-bond acceptors (Lipinski definition) is 1. The Morgan fingerprint density at radius 3 is 2.77 bits per heavy atom. The molecule has 2 nitrogen and oxygen atoms in total. The molecule has 68 valence electrons. The summed E-state index contributed by atoms with van der Waals surface area (Å²) >= 11 is 0. The fourth-order valence-electron chi connectivity index (χ4n) is 1.15. The van der Waals surface area contributed by atoms with Crippen LogP contribution in [-0.4, -0.2) is 5.91 Å². The number of carbonyl (C=O) groups is 1. The zero-order valence-electron chi connectivity index (χ0n) is 7.92. The minimum absolute atomic E-state index is 0.0614. The fourth-order valence-corrected chi connectivity index (χ4v) is 1.15. The molecule has 0 aliphatic rings. The van der Waals surface area contributed by atoms with Gasteiger partial charge in [-0.3, -0.25) is 4.79 Å². The molecule has 0 spiro atoms. The van der Waals surface area contributed by atoms with Crippen LogP contribution in [0.25, 0.3) is 6.08 Å². The first-order chi connectivity index (χ1) is 6.13. The van der Waals surface area contributed by atoms with Gasteiger partial charge in [0, 0.05) is 12.6 Å². The molecule has 0 saturated carbocycles. The lowest BCUT2D eigenvalue weighted by molar-refractivity contribution is -0.114. The quantitative estimate of drug-likeness (QED) is 0.735. The summed E-state index contributed by atoms with van der Waals surface area (Å²) in [6, 6.07) is 5.86. The molecule has 13 heavy (non-hydrogen) atoms. The lowest BCUT2D eigenvalue weighted by atomic mass is 10.1. The molecule has 1 rings (SSSR count). The van der Waals surface area contributed by atoms with Crippen molar-refractivity contribution in [2.75, 3.05) is 5.32 Å². The van der Waals surface area contributed by atoms with E-state index in [1.54, 1.807) is 6.08 Å². The van der Waals surface area contributed by atoms with E-state index in [4.69, 9.17) is 0 Å². The SMILES string of the molecule is C=Cc1ccc(C)cc1NC(C)=O. The number of hydrogen-bond donors (Lipinski definition) is 1. The minimum Gasteiger partial charge on any atom is -0.326 e. The Bertz CT molecular complexity index is 342. The molecule has 0 radical (unpaired) electrons. The molecule has 0 fully saturated rings. The monoisotopic (exact) mass is 175 g/mol. The summed E-state index contributed by atoms with van der Waals surface area (Å²) in [5.41, 5.74) is 2.89. The first kappa shape index (κ1) is 9.52. The molecule has 0 heterocycles. The summed E-state index contributed by atoms with van der Waals surface area (Å²) in [4.78, 5) is 10.8. The highest BCUT2D eigenvalue weighted by Crippen LogP contribution is 2.18. The van der Waals surface area contributed by atoms with Gasteiger partial charge in [-0.1, -0.05) is 24.8 Å². The Kier molecular flexibility index (Phi) is 2.85. The molecule has 0 saturated heterocycles. The Hall–Kier alpha value is -1.57. The van der Waals surface area contributed by atoms with Crippen molar-refractivity contribution in [3.8, 4) is 0 Å². The topological polar surface area (TPSA) is 29.1 Å². The minimum atomic E-state index is -0.0614. The Morgan fingerprint density at radius 2 is 2.23 bits per heavy atom. The summed E-state index contributed by atoms with van der Waals surface area (Å²) in [5, 5.41) is 2.75. The predicted octanol–water partition coefficient (Wildman–Crippen LogP) is 2.60. The van der Waals surface area contributed by atoms with Crippen molar-refractivity contribution in [1.82, 2.24) is 0 Å². The number of rotatable bonds is 2. The third-order valence-electron chi connectivity index (χ3n) is 1.74. The van der Waals surface area contributed by atoms with Crippen molar-refractivity contribution < 1.29 is 4.79 Å². The van der Waals surface area contributed by atoms with E-state index in [0.717, 1.165) is 16.8 Å². The predicted molar refractivity (Wildman–Crippen MR) is 55.6 cm³/mol. The van der Waals surface area contributed by atoms with Crippen LogP contribution in [-0.2, 0) is 4.79 Å². The van der Waals surface area contributed by atoms with Gasteiger partial charge >= 0.3 is 0 Å². The van der Waals surface area contributed by atoms with E-state index in [1.807, 2.05) is 25.1 Å². The third-order valence-corrected chi connectivity index (χ3v) is 1.74. The first-order valence-corrected chi connectivity index (χ1v) is 4.14. The van der Waals surface area contributed by atoms with Crippen LogP contribution in [0.1, 0.15) is 18.1 Å². The molecular formula is C11H13NO. The van der Waals surface area contributed by atoms with Crippen molar-refractivity contribution in [3.05, 3.63) is 35.9 Å². The maximum atomic E-state index is 10.8. The van der Waals surface area contributed by atoms with Gasteiger partial charge in [-0.2, -0.15) is 0 Å². The molecule has 2 heteroatoms. The van der Waals surface area contributed by atoms with Crippen LogP contribution in [0.2, 0.25) is 0 Å². The normalized spacial score (nSPS) is 9.38. The summed E-state index contributed by atoms with van der Waals surface area (Å²) in [5.74, 6) is -0.0614. The molecule has 0 aromatic heterocycles. The lowest BCUT2D eigenvalue weighted by Crippen LogP contribution is -2.07. The number of nitrogens with one attached hydrogen (secondary N) is 1. The standard InChI is InChI=1S/C11H13NO/c1-4-10-6-5-8(2)7-11(10)12-9(3)13/h4-7H,1H2,2-3H3,(H,12,13). The number of anilines is 1. The average Bonchev–Trinajstić information content (AvgIpc) is 2.03. The van der Waals surface area contributed by atoms with Crippen LogP contribution >= 0.6 is 0 Å². The molecule has 0 atom stereocenters. The Balaban J connectivity index is 3.07. The number of aryl methyl sites for hydroxylation is 1. The molecule has 1 aromatic carbocycles. The molecule has 1 amide bonds. The second-order valence-electron chi connectivity index (χ2n) is 2.98. The van der Waals surface area contributed by atoms with Crippen molar-refractivity contribution in [1.29, 1.82) is 0 Å². The highest BCUT2D eigenvalue weighted by Gasteiger charge is 2.00. The average molecular weight is 175 g/mol. The van der Waals surface area contributed by atoms with Crippen LogP contribution in [0.5, 0.6) is 0 Å². The van der Waals surface area contributed by atoms with E-state index in [-0.39, 0.29) is 5.91 Å². The van der Waals surface area contributed by atoms with Gasteiger partial charge in [0.15, 0.2) is 0 Å². The first-order valence-electron chi connectivity index (χ1n) is 4.14. The number of amides is 1. The van der Waals surface area contributed by atoms with Crippen LogP contribution in [0.3, 0.4) is 0 Å². The van der Waals surface area contributed by atoms with E-state index < -0.39 is 0 Å². The van der Waals surface area contributed by atoms with Gasteiger partial charge in [0.05, 0.1) is 0 Å². The van der Waals surface area contributed by atoms with Gasteiger partial charge in [-0.25, -0.2) is 0 Å². The fraction of sp³-hybridized carbons (Fsp3) is 0.182. The van der Waals surface area contributed by atoms with Crippen LogP contribution in [0, 0.1) is 6.92 Å². The summed E-state index contributed by atoms with van der Waals surface area (Å²) in [7, 11) is 0. The molecule has 1 aromatic rings. The highest BCUT2D eigenvalue weighted by molar-refractivity contribution is 5.91. The molecular weight excluding hydrogens is 162 g/mol. The molecule has 0 aliphatic carbocycles. The molecule has 0 unspecified atom stereocenters. The van der Waals surface area contributed by atoms with Gasteiger partial charge in [-0.05, 0) is 24.1 Å². The van der Waals surface area contributed by atoms with Gasteiger partial charge in [0.25, 0.3) is 0 Å². The van der Waals surface area contributed by atoms with Crippen molar-refractivity contribution >= 4 is 17.7 Å². The van der Waals surface area contributed by atoms with Crippen LogP contribution in [0.4, 0.5) is 5.69 Å². The highest BCUT2D eigenvalue weighted by atomic mass is 16.1. The summed E-state index contributed by atoms with van der Waals surface area (Å²) in [6.45, 7) is 7.16. The second kappa shape index (κ2) is 3.90. The maximum Gasteiger partial charge on any atom is 0.221 e. The van der Waals surface area contributed by atoms with Gasteiger partial charge < -0.3 is 5.32 Å².